The number of hydrogen-bond acceptors (Lipinski definition) is 4. The van der Waals surface area contributed by atoms with Gasteiger partial charge in [-0.05, 0) is 25.0 Å². The van der Waals surface area contributed by atoms with Gasteiger partial charge in [-0.3, -0.25) is 14.4 Å². The summed E-state index contributed by atoms with van der Waals surface area (Å²) in [5, 5.41) is 4.28. The van der Waals surface area contributed by atoms with Gasteiger partial charge in [0.25, 0.3) is 0 Å². The van der Waals surface area contributed by atoms with Crippen molar-refractivity contribution in [3.05, 3.63) is 48.3 Å². The molecule has 3 heterocycles. The number of rotatable bonds is 4. The molecule has 1 saturated heterocycles. The predicted octanol–water partition coefficient (Wildman–Crippen LogP) is 1.77. The van der Waals surface area contributed by atoms with Crippen LogP contribution in [0.15, 0.2) is 42.7 Å². The zero-order valence-electron chi connectivity index (χ0n) is 14.4. The Hall–Kier alpha value is -2.34. The summed E-state index contributed by atoms with van der Waals surface area (Å²) >= 11 is 0. The van der Waals surface area contributed by atoms with E-state index in [1.165, 1.54) is 0 Å². The average Bonchev–Trinajstić information content (AvgIpc) is 3.24. The highest BCUT2D eigenvalue weighted by Gasteiger charge is 2.30. The standard InChI is InChI=1S/C19H24N4O2/c24-19(23-10-3-6-17(23)14-22-9-4-8-20-22)15-21-11-12-25-18-7-2-1-5-16(18)13-21/h1-2,4-5,7-9,17H,3,6,10-15H2/t17-/m1/s1. The summed E-state index contributed by atoms with van der Waals surface area (Å²) in [6.45, 7) is 4.25. The summed E-state index contributed by atoms with van der Waals surface area (Å²) in [7, 11) is 0. The van der Waals surface area contributed by atoms with E-state index in [1.807, 2.05) is 40.0 Å². The second kappa shape index (κ2) is 7.27. The maximum Gasteiger partial charge on any atom is 0.237 e. The average molecular weight is 340 g/mol. The predicted molar refractivity (Wildman–Crippen MR) is 94.2 cm³/mol. The molecule has 132 valence electrons. The van der Waals surface area contributed by atoms with Crippen molar-refractivity contribution in [3.63, 3.8) is 0 Å². The minimum absolute atomic E-state index is 0.217. The molecule has 1 atom stereocenters. The fraction of sp³-hybridized carbons (Fsp3) is 0.474. The van der Waals surface area contributed by atoms with Gasteiger partial charge in [0.05, 0.1) is 19.1 Å². The molecule has 6 heteroatoms. The first-order valence-corrected chi connectivity index (χ1v) is 8.99. The first-order chi connectivity index (χ1) is 12.3. The van der Waals surface area contributed by atoms with Crippen LogP contribution < -0.4 is 4.74 Å². The zero-order valence-corrected chi connectivity index (χ0v) is 14.4. The van der Waals surface area contributed by atoms with Gasteiger partial charge in [0.2, 0.25) is 5.91 Å². The third-order valence-electron chi connectivity index (χ3n) is 5.04. The first kappa shape index (κ1) is 16.1. The molecule has 1 fully saturated rings. The molecule has 0 unspecified atom stereocenters. The van der Waals surface area contributed by atoms with E-state index >= 15 is 0 Å². The Bertz CT molecular complexity index is 716. The number of likely N-dealkylation sites (tertiary alicyclic amines) is 1. The van der Waals surface area contributed by atoms with Crippen molar-refractivity contribution in [2.24, 2.45) is 0 Å². The highest BCUT2D eigenvalue weighted by Crippen LogP contribution is 2.23. The number of aromatic nitrogens is 2. The van der Waals surface area contributed by atoms with Crippen molar-refractivity contribution in [1.29, 1.82) is 0 Å². The van der Waals surface area contributed by atoms with Gasteiger partial charge in [-0.2, -0.15) is 5.10 Å². The van der Waals surface area contributed by atoms with Gasteiger partial charge in [-0.15, -0.1) is 0 Å². The first-order valence-electron chi connectivity index (χ1n) is 8.99. The van der Waals surface area contributed by atoms with E-state index in [4.69, 9.17) is 4.74 Å². The minimum Gasteiger partial charge on any atom is -0.492 e. The van der Waals surface area contributed by atoms with Crippen LogP contribution in [0.3, 0.4) is 0 Å². The van der Waals surface area contributed by atoms with Crippen molar-refractivity contribution in [3.8, 4) is 5.75 Å². The van der Waals surface area contributed by atoms with E-state index in [9.17, 15) is 4.79 Å². The second-order valence-electron chi connectivity index (χ2n) is 6.78. The molecular weight excluding hydrogens is 316 g/mol. The third kappa shape index (κ3) is 3.69. The number of para-hydroxylation sites is 1. The van der Waals surface area contributed by atoms with Crippen LogP contribution in [0.2, 0.25) is 0 Å². The Morgan fingerprint density at radius 3 is 3.04 bits per heavy atom. The number of hydrogen-bond donors (Lipinski definition) is 0. The summed E-state index contributed by atoms with van der Waals surface area (Å²) in [4.78, 5) is 17.1. The molecule has 2 aliphatic heterocycles. The lowest BCUT2D eigenvalue weighted by molar-refractivity contribution is -0.133. The number of fused-ring (bicyclic) bond motifs is 1. The van der Waals surface area contributed by atoms with Crippen molar-refractivity contribution < 1.29 is 9.53 Å². The maximum absolute atomic E-state index is 12.9. The van der Waals surface area contributed by atoms with Gasteiger partial charge in [0.1, 0.15) is 12.4 Å². The second-order valence-corrected chi connectivity index (χ2v) is 6.78. The number of carbonyl (C=O) groups excluding carboxylic acids is 1. The summed E-state index contributed by atoms with van der Waals surface area (Å²) in [6.07, 6.45) is 5.88. The van der Waals surface area contributed by atoms with Crippen LogP contribution >= 0.6 is 0 Å². The van der Waals surface area contributed by atoms with E-state index in [2.05, 4.69) is 16.1 Å². The zero-order chi connectivity index (χ0) is 17.1. The van der Waals surface area contributed by atoms with Gasteiger partial charge in [0, 0.05) is 37.6 Å². The fourth-order valence-electron chi connectivity index (χ4n) is 3.78. The molecule has 25 heavy (non-hydrogen) atoms. The lowest BCUT2D eigenvalue weighted by atomic mass is 10.2. The molecule has 0 spiro atoms. The summed E-state index contributed by atoms with van der Waals surface area (Å²) in [5.74, 6) is 1.16. The fourth-order valence-corrected chi connectivity index (χ4v) is 3.78. The maximum atomic E-state index is 12.9. The Morgan fingerprint density at radius 1 is 1.24 bits per heavy atom. The van der Waals surface area contributed by atoms with Gasteiger partial charge < -0.3 is 9.64 Å². The van der Waals surface area contributed by atoms with E-state index in [0.29, 0.717) is 13.2 Å². The van der Waals surface area contributed by atoms with Gasteiger partial charge in [-0.25, -0.2) is 0 Å². The lowest BCUT2D eigenvalue weighted by Gasteiger charge is -2.28. The van der Waals surface area contributed by atoms with E-state index in [1.54, 1.807) is 6.20 Å². The molecule has 0 aliphatic carbocycles. The van der Waals surface area contributed by atoms with Crippen molar-refractivity contribution in [1.82, 2.24) is 19.6 Å². The number of carbonyl (C=O) groups is 1. The molecular formula is C19H24N4O2. The molecule has 4 rings (SSSR count). The molecule has 1 aromatic heterocycles. The van der Waals surface area contributed by atoms with E-state index in [0.717, 1.165) is 50.3 Å². The lowest BCUT2D eigenvalue weighted by Crippen LogP contribution is -2.44. The monoisotopic (exact) mass is 340 g/mol. The van der Waals surface area contributed by atoms with Gasteiger partial charge >= 0.3 is 0 Å². The molecule has 0 bridgehead atoms. The van der Waals surface area contributed by atoms with Crippen LogP contribution in [0.25, 0.3) is 0 Å². The number of amides is 1. The van der Waals surface area contributed by atoms with Gasteiger partial charge in [0.15, 0.2) is 0 Å². The van der Waals surface area contributed by atoms with Crippen molar-refractivity contribution in [2.45, 2.75) is 32.0 Å². The molecule has 0 radical (unpaired) electrons. The Kier molecular flexibility index (Phi) is 4.70. The molecule has 6 nitrogen and oxygen atoms in total. The summed E-state index contributed by atoms with van der Waals surface area (Å²) in [6, 6.07) is 10.3. The molecule has 0 N–H and O–H groups in total. The van der Waals surface area contributed by atoms with Crippen LogP contribution in [0.4, 0.5) is 0 Å². The molecule has 1 amide bonds. The molecule has 0 saturated carbocycles. The smallest absolute Gasteiger partial charge is 0.237 e. The van der Waals surface area contributed by atoms with E-state index in [-0.39, 0.29) is 11.9 Å². The summed E-state index contributed by atoms with van der Waals surface area (Å²) in [5.41, 5.74) is 1.15. The van der Waals surface area contributed by atoms with Crippen LogP contribution in [0.1, 0.15) is 18.4 Å². The molecule has 1 aromatic carbocycles. The van der Waals surface area contributed by atoms with Gasteiger partial charge in [-0.1, -0.05) is 18.2 Å². The largest absolute Gasteiger partial charge is 0.492 e. The topological polar surface area (TPSA) is 50.6 Å². The Morgan fingerprint density at radius 2 is 2.16 bits per heavy atom. The van der Waals surface area contributed by atoms with Crippen LogP contribution in [0, 0.1) is 0 Å². The molecule has 2 aliphatic rings. The van der Waals surface area contributed by atoms with Crippen molar-refractivity contribution in [2.75, 3.05) is 26.2 Å². The number of benzene rings is 1. The summed E-state index contributed by atoms with van der Waals surface area (Å²) < 4.78 is 7.72. The van der Waals surface area contributed by atoms with Crippen molar-refractivity contribution >= 4 is 5.91 Å². The Balaban J connectivity index is 1.39. The normalized spacial score (nSPS) is 20.8. The van der Waals surface area contributed by atoms with Crippen LogP contribution in [-0.4, -0.2) is 57.8 Å². The Labute approximate surface area is 148 Å². The highest BCUT2D eigenvalue weighted by molar-refractivity contribution is 5.79. The minimum atomic E-state index is 0.217. The highest BCUT2D eigenvalue weighted by atomic mass is 16.5. The quantitative estimate of drug-likeness (QED) is 0.851. The van der Waals surface area contributed by atoms with E-state index < -0.39 is 0 Å². The van der Waals surface area contributed by atoms with Crippen LogP contribution in [-0.2, 0) is 17.9 Å². The van der Waals surface area contributed by atoms with Crippen LogP contribution in [0.5, 0.6) is 5.75 Å². The number of ether oxygens (including phenoxy) is 1. The molecule has 2 aromatic rings. The SMILES string of the molecule is O=C(CN1CCOc2ccccc2C1)N1CCC[C@@H]1Cn1cccn1. The number of nitrogens with zero attached hydrogens (tertiary/aromatic N) is 4. The third-order valence-corrected chi connectivity index (χ3v) is 5.04.